The van der Waals surface area contributed by atoms with E-state index in [2.05, 4.69) is 16.0 Å². The number of para-hydroxylation sites is 1. The number of hydrogen-bond donors (Lipinski definition) is 0. The molecule has 4 rings (SSSR count). The number of nitriles is 1. The van der Waals surface area contributed by atoms with E-state index in [9.17, 15) is 5.26 Å². The summed E-state index contributed by atoms with van der Waals surface area (Å²) < 4.78 is 0. The molecule has 0 aliphatic carbocycles. The second kappa shape index (κ2) is 7.50. The Kier molecular flexibility index (Phi) is 4.91. The summed E-state index contributed by atoms with van der Waals surface area (Å²) >= 11 is 13.7. The molecule has 0 aliphatic heterocycles. The van der Waals surface area contributed by atoms with Crippen LogP contribution in [0.4, 0.5) is 0 Å². The van der Waals surface area contributed by atoms with Gasteiger partial charge in [0.2, 0.25) is 0 Å². The quantitative estimate of drug-likeness (QED) is 0.279. The van der Waals surface area contributed by atoms with Crippen LogP contribution in [0.3, 0.4) is 0 Å². The van der Waals surface area contributed by atoms with Gasteiger partial charge in [-0.1, -0.05) is 53.5 Å². The number of rotatable bonds is 3. The molecule has 27 heavy (non-hydrogen) atoms. The normalized spacial score (nSPS) is 11.5. The molecule has 0 bridgehead atoms. The monoisotopic (exact) mass is 407 g/mol. The van der Waals surface area contributed by atoms with Crippen molar-refractivity contribution in [2.45, 2.75) is 0 Å². The minimum absolute atomic E-state index is 0.357. The van der Waals surface area contributed by atoms with Crippen molar-refractivity contribution >= 4 is 57.1 Å². The smallest absolute Gasteiger partial charge is 0.137 e. The predicted molar refractivity (Wildman–Crippen MR) is 113 cm³/mol. The van der Waals surface area contributed by atoms with Gasteiger partial charge in [-0.2, -0.15) is 5.26 Å². The van der Waals surface area contributed by atoms with Gasteiger partial charge in [0.25, 0.3) is 0 Å². The van der Waals surface area contributed by atoms with E-state index in [0.717, 1.165) is 22.2 Å². The largest absolute Gasteiger partial charge is 0.235 e. The Bertz CT molecular complexity index is 1200. The van der Waals surface area contributed by atoms with Gasteiger partial charge >= 0.3 is 0 Å². The van der Waals surface area contributed by atoms with E-state index >= 15 is 0 Å². The van der Waals surface area contributed by atoms with Crippen LogP contribution in [0.15, 0.2) is 60.0 Å². The lowest BCUT2D eigenvalue weighted by molar-refractivity contribution is 1.37. The van der Waals surface area contributed by atoms with Crippen LogP contribution in [0.2, 0.25) is 10.2 Å². The topological polar surface area (TPSA) is 49.6 Å². The summed E-state index contributed by atoms with van der Waals surface area (Å²) in [6.45, 7) is 0. The maximum Gasteiger partial charge on any atom is 0.137 e. The minimum Gasteiger partial charge on any atom is -0.235 e. The molecule has 6 heteroatoms. The van der Waals surface area contributed by atoms with Crippen LogP contribution >= 0.6 is 34.5 Å². The van der Waals surface area contributed by atoms with Crippen LogP contribution in [0, 0.1) is 11.3 Å². The first-order valence-electron chi connectivity index (χ1n) is 8.03. The maximum atomic E-state index is 9.63. The van der Waals surface area contributed by atoms with Gasteiger partial charge in [0.05, 0.1) is 16.8 Å². The molecule has 2 aromatic heterocycles. The summed E-state index contributed by atoms with van der Waals surface area (Å²) in [7, 11) is 0. The lowest BCUT2D eigenvalue weighted by Crippen LogP contribution is -1.87. The highest BCUT2D eigenvalue weighted by Crippen LogP contribution is 2.29. The van der Waals surface area contributed by atoms with E-state index in [1.165, 1.54) is 11.3 Å². The Hall–Kier alpha value is -2.71. The highest BCUT2D eigenvalue weighted by atomic mass is 35.5. The molecule has 0 radical (unpaired) electrons. The Morgan fingerprint density at radius 2 is 1.81 bits per heavy atom. The molecule has 0 aliphatic rings. The molecule has 0 fully saturated rings. The predicted octanol–water partition coefficient (Wildman–Crippen LogP) is 6.73. The lowest BCUT2D eigenvalue weighted by atomic mass is 10.1. The van der Waals surface area contributed by atoms with Crippen LogP contribution in [-0.2, 0) is 0 Å². The van der Waals surface area contributed by atoms with E-state index in [1.807, 2.05) is 60.0 Å². The summed E-state index contributed by atoms with van der Waals surface area (Å²) in [5, 5.41) is 14.2. The van der Waals surface area contributed by atoms with Crippen molar-refractivity contribution in [3.8, 4) is 17.3 Å². The highest BCUT2D eigenvalue weighted by Gasteiger charge is 2.11. The van der Waals surface area contributed by atoms with Gasteiger partial charge in [-0.15, -0.1) is 11.3 Å². The van der Waals surface area contributed by atoms with E-state index in [4.69, 9.17) is 23.2 Å². The first-order valence-corrected chi connectivity index (χ1v) is 9.66. The van der Waals surface area contributed by atoms with Gasteiger partial charge in [0, 0.05) is 26.9 Å². The Labute approximate surface area is 170 Å². The molecule has 0 saturated carbocycles. The number of fused-ring (bicyclic) bond motifs is 1. The third-order valence-corrected chi connectivity index (χ3v) is 5.43. The van der Waals surface area contributed by atoms with Crippen molar-refractivity contribution in [2.24, 2.45) is 0 Å². The average molecular weight is 408 g/mol. The van der Waals surface area contributed by atoms with Crippen LogP contribution in [0.1, 0.15) is 10.6 Å². The standard InChI is InChI=1S/C21H11Cl2N3S/c22-17-7-5-13(6-8-17)19-12-27-21(26-19)16(11-24)10-15-9-14-3-1-2-4-18(14)25-20(15)23/h1-10,12H/b16-10-. The third-order valence-electron chi connectivity index (χ3n) is 4.00. The van der Waals surface area contributed by atoms with E-state index in [0.29, 0.717) is 26.3 Å². The van der Waals surface area contributed by atoms with Crippen LogP contribution in [0.25, 0.3) is 33.8 Å². The second-order valence-electron chi connectivity index (χ2n) is 5.78. The first-order chi connectivity index (χ1) is 13.1. The summed E-state index contributed by atoms with van der Waals surface area (Å²) in [5.41, 5.74) is 3.70. The fraction of sp³-hybridized carbons (Fsp3) is 0. The zero-order valence-electron chi connectivity index (χ0n) is 13.9. The lowest BCUT2D eigenvalue weighted by Gasteiger charge is -2.02. The van der Waals surface area contributed by atoms with Crippen molar-refractivity contribution in [1.29, 1.82) is 5.26 Å². The molecule has 2 aromatic carbocycles. The molecular formula is C21H11Cl2N3S. The van der Waals surface area contributed by atoms with Crippen LogP contribution in [-0.4, -0.2) is 9.97 Å². The number of pyridine rings is 1. The molecule has 4 aromatic rings. The molecule has 0 spiro atoms. The Balaban J connectivity index is 1.73. The molecule has 0 amide bonds. The zero-order chi connectivity index (χ0) is 18.8. The number of halogens is 2. The van der Waals surface area contributed by atoms with Gasteiger partial charge in [-0.3, -0.25) is 0 Å². The first kappa shape index (κ1) is 17.7. The summed E-state index contributed by atoms with van der Waals surface area (Å²) in [6.07, 6.45) is 1.73. The van der Waals surface area contributed by atoms with Crippen molar-refractivity contribution in [3.05, 3.63) is 80.7 Å². The van der Waals surface area contributed by atoms with Gasteiger partial charge < -0.3 is 0 Å². The fourth-order valence-electron chi connectivity index (χ4n) is 2.66. The summed E-state index contributed by atoms with van der Waals surface area (Å²) in [5.74, 6) is 0. The maximum absolute atomic E-state index is 9.63. The molecule has 130 valence electrons. The molecule has 3 nitrogen and oxygen atoms in total. The van der Waals surface area contributed by atoms with Crippen molar-refractivity contribution < 1.29 is 0 Å². The van der Waals surface area contributed by atoms with Gasteiger partial charge in [-0.05, 0) is 30.3 Å². The van der Waals surface area contributed by atoms with Crippen molar-refractivity contribution in [3.63, 3.8) is 0 Å². The fourth-order valence-corrected chi connectivity index (χ4v) is 3.78. The molecular weight excluding hydrogens is 397 g/mol. The molecule has 0 N–H and O–H groups in total. The van der Waals surface area contributed by atoms with E-state index in [-0.39, 0.29) is 0 Å². The zero-order valence-corrected chi connectivity index (χ0v) is 16.2. The third kappa shape index (κ3) is 3.72. The molecule has 2 heterocycles. The summed E-state index contributed by atoms with van der Waals surface area (Å²) in [6, 6.07) is 19.3. The highest BCUT2D eigenvalue weighted by molar-refractivity contribution is 7.11. The number of benzene rings is 2. The number of nitrogens with zero attached hydrogens (tertiary/aromatic N) is 3. The number of thiazole rings is 1. The Morgan fingerprint density at radius 3 is 2.59 bits per heavy atom. The van der Waals surface area contributed by atoms with E-state index in [1.54, 1.807) is 6.08 Å². The summed E-state index contributed by atoms with van der Waals surface area (Å²) in [4.78, 5) is 8.99. The van der Waals surface area contributed by atoms with Gasteiger partial charge in [0.1, 0.15) is 16.2 Å². The van der Waals surface area contributed by atoms with Crippen LogP contribution in [0.5, 0.6) is 0 Å². The number of hydrogen-bond acceptors (Lipinski definition) is 4. The van der Waals surface area contributed by atoms with Crippen molar-refractivity contribution in [2.75, 3.05) is 0 Å². The van der Waals surface area contributed by atoms with Gasteiger partial charge in [-0.25, -0.2) is 9.97 Å². The molecule has 0 unspecified atom stereocenters. The minimum atomic E-state index is 0.357. The molecule has 0 atom stereocenters. The number of allylic oxidation sites excluding steroid dienone is 1. The Morgan fingerprint density at radius 1 is 1.04 bits per heavy atom. The van der Waals surface area contributed by atoms with Crippen LogP contribution < -0.4 is 0 Å². The van der Waals surface area contributed by atoms with Gasteiger partial charge in [0.15, 0.2) is 0 Å². The average Bonchev–Trinajstić information content (AvgIpc) is 3.17. The number of aromatic nitrogens is 2. The van der Waals surface area contributed by atoms with E-state index < -0.39 is 0 Å². The van der Waals surface area contributed by atoms with Crippen molar-refractivity contribution in [1.82, 2.24) is 9.97 Å². The SMILES string of the molecule is N#C/C(=C/c1cc2ccccc2nc1Cl)c1nc(-c2ccc(Cl)cc2)cs1. The second-order valence-corrected chi connectivity index (χ2v) is 7.43. The molecule has 0 saturated heterocycles.